The number of halogens is 1. The van der Waals surface area contributed by atoms with Crippen molar-refractivity contribution in [1.82, 2.24) is 14.9 Å². The Balaban J connectivity index is 0.000000362. The molecule has 3 amide bonds. The number of nitrogens with zero attached hydrogens (tertiary/aromatic N) is 2. The highest BCUT2D eigenvalue weighted by atomic mass is 32.2. The van der Waals surface area contributed by atoms with E-state index < -0.39 is 12.1 Å². The lowest BCUT2D eigenvalue weighted by molar-refractivity contribution is -0.133. The molecule has 1 aliphatic carbocycles. The Labute approximate surface area is 253 Å². The summed E-state index contributed by atoms with van der Waals surface area (Å²) in [6.07, 6.45) is 4.27. The van der Waals surface area contributed by atoms with Gasteiger partial charge in [-0.1, -0.05) is 65.7 Å². The van der Waals surface area contributed by atoms with Gasteiger partial charge in [-0.3, -0.25) is 14.4 Å². The van der Waals surface area contributed by atoms with Crippen LogP contribution in [0.1, 0.15) is 60.3 Å². The number of rotatable bonds is 10. The number of nitriles is 1. The summed E-state index contributed by atoms with van der Waals surface area (Å²) in [5.74, 6) is 0.0640. The van der Waals surface area contributed by atoms with Crippen molar-refractivity contribution in [3.63, 3.8) is 0 Å². The van der Waals surface area contributed by atoms with Gasteiger partial charge in [-0.15, -0.1) is 0 Å². The zero-order valence-electron chi connectivity index (χ0n) is 25.2. The Kier molecular flexibility index (Phi) is 14.5. The number of likely N-dealkylation sites (tertiary alicyclic amines) is 1. The lowest BCUT2D eigenvalue weighted by Crippen LogP contribution is -2.47. The standard InChI is InChI=1S/C20H25FN4O2S.C7H7NO.C5H12/c1-13-8-16(10-22)25(12-13)19(26)11-23-20(27)18(9-14-2-3-14)24-28-17-6-4-15(21)5-7-17;9-6-8-7-4-2-1-3-5-7;1-5(2,3)4/h4-7,13-14,16,18,24H,2-3,8-9,11-12H2,1H3,(H,23,27);1-6H,(H,8,9);1-4H3. The van der Waals surface area contributed by atoms with Crippen molar-refractivity contribution in [1.29, 1.82) is 5.26 Å². The lowest BCUT2D eigenvalue weighted by Gasteiger charge is -2.21. The van der Waals surface area contributed by atoms with Crippen molar-refractivity contribution in [2.75, 3.05) is 18.4 Å². The first kappa shape index (κ1) is 34.8. The topological polar surface area (TPSA) is 114 Å². The van der Waals surface area contributed by atoms with Gasteiger partial charge in [0.2, 0.25) is 18.2 Å². The zero-order chi connectivity index (χ0) is 31.1. The number of hydrogen-bond acceptors (Lipinski definition) is 6. The molecule has 3 N–H and O–H groups in total. The summed E-state index contributed by atoms with van der Waals surface area (Å²) < 4.78 is 16.2. The highest BCUT2D eigenvalue weighted by Gasteiger charge is 2.34. The van der Waals surface area contributed by atoms with E-state index in [9.17, 15) is 24.0 Å². The molecule has 1 heterocycles. The monoisotopic (exact) mass is 597 g/mol. The van der Waals surface area contributed by atoms with E-state index in [2.05, 4.69) is 49.1 Å². The number of nitrogens with one attached hydrogen (secondary N) is 3. The molecule has 4 rings (SSSR count). The molecule has 0 spiro atoms. The van der Waals surface area contributed by atoms with Crippen LogP contribution in [0.25, 0.3) is 0 Å². The predicted molar refractivity (Wildman–Crippen MR) is 166 cm³/mol. The van der Waals surface area contributed by atoms with Gasteiger partial charge >= 0.3 is 0 Å². The van der Waals surface area contributed by atoms with Crippen molar-refractivity contribution >= 4 is 35.9 Å². The van der Waals surface area contributed by atoms with Gasteiger partial charge in [0.05, 0.1) is 18.7 Å². The highest BCUT2D eigenvalue weighted by Crippen LogP contribution is 2.34. The highest BCUT2D eigenvalue weighted by molar-refractivity contribution is 7.97. The van der Waals surface area contributed by atoms with E-state index in [-0.39, 0.29) is 24.2 Å². The largest absolute Gasteiger partial charge is 0.346 e. The maximum Gasteiger partial charge on any atom is 0.243 e. The fourth-order valence-electron chi connectivity index (χ4n) is 3.97. The number of amides is 3. The van der Waals surface area contributed by atoms with E-state index in [1.165, 1.54) is 24.1 Å². The third-order valence-electron chi connectivity index (χ3n) is 6.11. The molecule has 1 saturated carbocycles. The van der Waals surface area contributed by atoms with Crippen LogP contribution in [-0.4, -0.2) is 48.3 Å². The molecule has 1 aliphatic heterocycles. The van der Waals surface area contributed by atoms with Crippen LogP contribution in [0, 0.1) is 34.4 Å². The van der Waals surface area contributed by atoms with E-state index in [0.29, 0.717) is 43.0 Å². The van der Waals surface area contributed by atoms with Crippen LogP contribution in [0.5, 0.6) is 0 Å². The molecule has 2 aromatic rings. The Hall–Kier alpha value is -3.42. The number of anilines is 1. The summed E-state index contributed by atoms with van der Waals surface area (Å²) in [6, 6.07) is 16.7. The quantitative estimate of drug-likeness (QED) is 0.237. The Morgan fingerprint density at radius 3 is 2.29 bits per heavy atom. The van der Waals surface area contributed by atoms with Gasteiger partial charge in [-0.2, -0.15) is 5.26 Å². The lowest BCUT2D eigenvalue weighted by atomic mass is 10.0. The van der Waals surface area contributed by atoms with Crippen molar-refractivity contribution in [2.45, 2.75) is 77.3 Å². The molecule has 2 fully saturated rings. The molecule has 42 heavy (non-hydrogen) atoms. The minimum absolute atomic E-state index is 0.103. The molecular weight excluding hydrogens is 553 g/mol. The van der Waals surface area contributed by atoms with E-state index in [1.54, 1.807) is 17.0 Å². The van der Waals surface area contributed by atoms with Gasteiger partial charge in [0.25, 0.3) is 0 Å². The zero-order valence-corrected chi connectivity index (χ0v) is 26.0. The minimum atomic E-state index is -0.431. The molecule has 2 aromatic carbocycles. The van der Waals surface area contributed by atoms with Crippen LogP contribution in [0.2, 0.25) is 0 Å². The number of benzene rings is 2. The summed E-state index contributed by atoms with van der Waals surface area (Å²) in [4.78, 5) is 37.3. The smallest absolute Gasteiger partial charge is 0.243 e. The molecule has 1 saturated heterocycles. The molecule has 10 heteroatoms. The Bertz CT molecular complexity index is 1160. The fraction of sp³-hybridized carbons (Fsp3) is 0.500. The molecule has 3 atom stereocenters. The maximum atomic E-state index is 13.0. The molecule has 8 nitrogen and oxygen atoms in total. The average molecular weight is 598 g/mol. The molecule has 0 aromatic heterocycles. The minimum Gasteiger partial charge on any atom is -0.346 e. The molecule has 0 bridgehead atoms. The first-order valence-corrected chi connectivity index (χ1v) is 15.1. The average Bonchev–Trinajstić information content (AvgIpc) is 3.68. The molecular formula is C32H44FN5O3S. The van der Waals surface area contributed by atoms with E-state index in [4.69, 9.17) is 0 Å². The van der Waals surface area contributed by atoms with Crippen LogP contribution in [0.4, 0.5) is 10.1 Å². The third kappa shape index (κ3) is 14.5. The van der Waals surface area contributed by atoms with Crippen LogP contribution in [0.15, 0.2) is 59.5 Å². The van der Waals surface area contributed by atoms with E-state index >= 15 is 0 Å². The molecule has 2 aliphatic rings. The van der Waals surface area contributed by atoms with Crippen molar-refractivity contribution in [3.8, 4) is 6.07 Å². The number of carbonyl (C=O) groups is 3. The van der Waals surface area contributed by atoms with Gasteiger partial charge in [0.15, 0.2) is 0 Å². The number of hydrogen-bond donors (Lipinski definition) is 3. The van der Waals surface area contributed by atoms with Crippen LogP contribution in [0.3, 0.4) is 0 Å². The second-order valence-electron chi connectivity index (χ2n) is 12.3. The first-order chi connectivity index (χ1) is 19.9. The third-order valence-corrected chi connectivity index (χ3v) is 7.02. The van der Waals surface area contributed by atoms with Gasteiger partial charge in [0.1, 0.15) is 11.9 Å². The Morgan fingerprint density at radius 2 is 1.74 bits per heavy atom. The summed E-state index contributed by atoms with van der Waals surface area (Å²) in [5, 5.41) is 14.5. The maximum absolute atomic E-state index is 13.0. The summed E-state index contributed by atoms with van der Waals surface area (Å²) >= 11 is 1.28. The predicted octanol–water partition coefficient (Wildman–Crippen LogP) is 5.78. The number of carbonyl (C=O) groups excluding carboxylic acids is 3. The first-order valence-electron chi connectivity index (χ1n) is 14.3. The van der Waals surface area contributed by atoms with E-state index in [0.717, 1.165) is 23.4 Å². The van der Waals surface area contributed by atoms with Gasteiger partial charge in [0, 0.05) is 17.1 Å². The van der Waals surface area contributed by atoms with Crippen LogP contribution >= 0.6 is 11.9 Å². The summed E-state index contributed by atoms with van der Waals surface area (Å²) in [5.41, 5.74) is 1.33. The van der Waals surface area contributed by atoms with Gasteiger partial charge in [-0.05, 0) is 78.4 Å². The normalized spacial score (nSPS) is 18.3. The second-order valence-corrected chi connectivity index (χ2v) is 13.2. The summed E-state index contributed by atoms with van der Waals surface area (Å²) in [7, 11) is 0. The van der Waals surface area contributed by atoms with Gasteiger partial charge < -0.3 is 15.5 Å². The van der Waals surface area contributed by atoms with Crippen molar-refractivity contribution < 1.29 is 18.8 Å². The van der Waals surface area contributed by atoms with E-state index in [1.807, 2.05) is 37.3 Å². The molecule has 228 valence electrons. The second kappa shape index (κ2) is 17.5. The van der Waals surface area contributed by atoms with Crippen molar-refractivity contribution in [2.24, 2.45) is 17.3 Å². The SMILES string of the molecule is CC(C)(C)C.CC1CC(C#N)N(C(=O)CNC(=O)C(CC2CC2)NSc2ccc(F)cc2)C1.O=CNc1ccccc1. The molecule has 0 radical (unpaired) electrons. The fourth-order valence-corrected chi connectivity index (χ4v) is 4.72. The Morgan fingerprint density at radius 1 is 1.12 bits per heavy atom. The van der Waals surface area contributed by atoms with Crippen LogP contribution < -0.4 is 15.4 Å². The van der Waals surface area contributed by atoms with Crippen molar-refractivity contribution in [3.05, 3.63) is 60.4 Å². The summed E-state index contributed by atoms with van der Waals surface area (Å²) in [6.45, 7) is 11.2. The number of para-hydroxylation sites is 1. The van der Waals surface area contributed by atoms with Crippen LogP contribution in [-0.2, 0) is 14.4 Å². The molecule has 3 unspecified atom stereocenters. The van der Waals surface area contributed by atoms with Gasteiger partial charge in [-0.25, -0.2) is 9.11 Å².